The van der Waals surface area contributed by atoms with Crippen LogP contribution >= 0.6 is 0 Å². The number of hydrogen-bond donors (Lipinski definition) is 1. The Morgan fingerprint density at radius 2 is 1.12 bits per heavy atom. The lowest BCUT2D eigenvalue weighted by Crippen LogP contribution is -2.18. The van der Waals surface area contributed by atoms with Gasteiger partial charge in [0.1, 0.15) is 0 Å². The van der Waals surface area contributed by atoms with Crippen LogP contribution in [0.2, 0.25) is 0 Å². The number of rotatable bonds is 4. The molecule has 1 heteroatoms. The second-order valence-corrected chi connectivity index (χ2v) is 11.5. The molecule has 1 aromatic heterocycles. The van der Waals surface area contributed by atoms with E-state index >= 15 is 0 Å². The standard InChI is InChI=1S/C40H31N/c1-26-32-21-19-30(24-38(32)34-12-6-5-11-33(34)37(26)23-27-9-3-2-4-10-27)28-15-17-29(18-16-28)31-20-22-36-35-13-7-8-14-39(35)41-40(36)25-31/h2-22,24-26,37,41H,23H2,1H3. The van der Waals surface area contributed by atoms with Gasteiger partial charge in [-0.15, -0.1) is 0 Å². The van der Waals surface area contributed by atoms with Gasteiger partial charge in [-0.25, -0.2) is 0 Å². The summed E-state index contributed by atoms with van der Waals surface area (Å²) in [4.78, 5) is 3.58. The van der Waals surface area contributed by atoms with E-state index in [0.717, 1.165) is 6.42 Å². The Balaban J connectivity index is 1.13. The second kappa shape index (κ2) is 9.64. The summed E-state index contributed by atoms with van der Waals surface area (Å²) in [6.07, 6.45) is 1.06. The maximum Gasteiger partial charge on any atom is 0.0471 e. The fourth-order valence-electron chi connectivity index (χ4n) is 6.96. The number of para-hydroxylation sites is 1. The molecule has 8 rings (SSSR count). The maximum absolute atomic E-state index is 3.58. The van der Waals surface area contributed by atoms with Crippen LogP contribution in [0.1, 0.15) is 35.4 Å². The zero-order valence-electron chi connectivity index (χ0n) is 23.1. The Morgan fingerprint density at radius 1 is 0.488 bits per heavy atom. The largest absolute Gasteiger partial charge is 0.354 e. The first-order valence-corrected chi connectivity index (χ1v) is 14.6. The van der Waals surface area contributed by atoms with Crippen molar-refractivity contribution in [1.29, 1.82) is 0 Å². The molecule has 1 aliphatic carbocycles. The van der Waals surface area contributed by atoms with E-state index < -0.39 is 0 Å². The minimum atomic E-state index is 0.455. The summed E-state index contributed by atoms with van der Waals surface area (Å²) in [5.41, 5.74) is 14.4. The number of fused-ring (bicyclic) bond motifs is 6. The molecule has 0 radical (unpaired) electrons. The highest BCUT2D eigenvalue weighted by atomic mass is 14.7. The molecular formula is C40H31N. The van der Waals surface area contributed by atoms with Crippen molar-refractivity contribution >= 4 is 21.8 Å². The van der Waals surface area contributed by atoms with E-state index in [-0.39, 0.29) is 0 Å². The Hall–Kier alpha value is -4.88. The van der Waals surface area contributed by atoms with Crippen molar-refractivity contribution in [3.63, 3.8) is 0 Å². The lowest BCUT2D eigenvalue weighted by atomic mass is 9.70. The molecule has 0 fully saturated rings. The van der Waals surface area contributed by atoms with Crippen LogP contribution in [0.25, 0.3) is 55.2 Å². The molecule has 0 amide bonds. The second-order valence-electron chi connectivity index (χ2n) is 11.5. The zero-order chi connectivity index (χ0) is 27.3. The Labute approximate surface area is 241 Å². The molecule has 196 valence electrons. The summed E-state index contributed by atoms with van der Waals surface area (Å²) in [6, 6.07) is 51.4. The smallest absolute Gasteiger partial charge is 0.0471 e. The van der Waals surface area contributed by atoms with Crippen molar-refractivity contribution in [2.24, 2.45) is 0 Å². The molecule has 0 spiro atoms. The van der Waals surface area contributed by atoms with Gasteiger partial charge in [0.15, 0.2) is 0 Å². The summed E-state index contributed by atoms with van der Waals surface area (Å²) >= 11 is 0. The van der Waals surface area contributed by atoms with E-state index in [2.05, 4.69) is 151 Å². The van der Waals surface area contributed by atoms with E-state index in [9.17, 15) is 0 Å². The van der Waals surface area contributed by atoms with Gasteiger partial charge in [0, 0.05) is 21.8 Å². The quantitative estimate of drug-likeness (QED) is 0.235. The molecule has 1 heterocycles. The molecule has 0 saturated heterocycles. The monoisotopic (exact) mass is 525 g/mol. The third-order valence-electron chi connectivity index (χ3n) is 9.15. The predicted octanol–water partition coefficient (Wildman–Crippen LogP) is 10.8. The molecule has 41 heavy (non-hydrogen) atoms. The maximum atomic E-state index is 3.58. The first-order chi connectivity index (χ1) is 20.2. The van der Waals surface area contributed by atoms with Crippen molar-refractivity contribution in [1.82, 2.24) is 4.98 Å². The van der Waals surface area contributed by atoms with Gasteiger partial charge in [0.25, 0.3) is 0 Å². The van der Waals surface area contributed by atoms with Crippen LogP contribution in [-0.2, 0) is 6.42 Å². The predicted molar refractivity (Wildman–Crippen MR) is 173 cm³/mol. The number of aromatic amines is 1. The van der Waals surface area contributed by atoms with E-state index in [1.807, 2.05) is 0 Å². The van der Waals surface area contributed by atoms with Gasteiger partial charge in [-0.1, -0.05) is 128 Å². The van der Waals surface area contributed by atoms with E-state index in [1.54, 1.807) is 0 Å². The highest BCUT2D eigenvalue weighted by molar-refractivity contribution is 6.08. The third-order valence-corrected chi connectivity index (χ3v) is 9.15. The van der Waals surface area contributed by atoms with Gasteiger partial charge in [0.2, 0.25) is 0 Å². The van der Waals surface area contributed by atoms with Crippen molar-refractivity contribution < 1.29 is 0 Å². The Kier molecular flexibility index (Phi) is 5.63. The van der Waals surface area contributed by atoms with Crippen molar-refractivity contribution in [2.75, 3.05) is 0 Å². The minimum Gasteiger partial charge on any atom is -0.354 e. The third kappa shape index (κ3) is 4.08. The van der Waals surface area contributed by atoms with E-state index in [4.69, 9.17) is 0 Å². The first-order valence-electron chi connectivity index (χ1n) is 14.6. The molecule has 1 N–H and O–H groups in total. The van der Waals surface area contributed by atoms with Crippen LogP contribution in [0.15, 0.2) is 140 Å². The van der Waals surface area contributed by atoms with E-state index in [0.29, 0.717) is 11.8 Å². The van der Waals surface area contributed by atoms with Gasteiger partial charge >= 0.3 is 0 Å². The molecule has 0 saturated carbocycles. The zero-order valence-corrected chi connectivity index (χ0v) is 23.1. The summed E-state index contributed by atoms with van der Waals surface area (Å²) in [5, 5.41) is 2.55. The fraction of sp³-hybridized carbons (Fsp3) is 0.100. The summed E-state index contributed by atoms with van der Waals surface area (Å²) in [6.45, 7) is 2.40. The number of aromatic nitrogens is 1. The van der Waals surface area contributed by atoms with Crippen LogP contribution < -0.4 is 0 Å². The molecule has 2 atom stereocenters. The molecule has 1 nitrogen and oxygen atoms in total. The number of hydrogen-bond acceptors (Lipinski definition) is 0. The molecule has 0 bridgehead atoms. The number of benzene rings is 6. The Bertz CT molecular complexity index is 2030. The van der Waals surface area contributed by atoms with E-state index in [1.165, 1.54) is 71.9 Å². The van der Waals surface area contributed by atoms with Crippen LogP contribution in [0.3, 0.4) is 0 Å². The van der Waals surface area contributed by atoms with Gasteiger partial charge in [-0.2, -0.15) is 0 Å². The van der Waals surface area contributed by atoms with Gasteiger partial charge in [0.05, 0.1) is 0 Å². The average molecular weight is 526 g/mol. The number of nitrogens with one attached hydrogen (secondary N) is 1. The topological polar surface area (TPSA) is 15.8 Å². The SMILES string of the molecule is CC1c2ccc(-c3ccc(-c4ccc5c(c4)[nH]c4ccccc45)cc3)cc2-c2ccccc2C1Cc1ccccc1. The lowest BCUT2D eigenvalue weighted by molar-refractivity contribution is 0.566. The van der Waals surface area contributed by atoms with Gasteiger partial charge in [-0.3, -0.25) is 0 Å². The molecule has 0 aliphatic heterocycles. The molecular weight excluding hydrogens is 494 g/mol. The fourth-order valence-corrected chi connectivity index (χ4v) is 6.96. The Morgan fingerprint density at radius 3 is 1.95 bits per heavy atom. The molecule has 7 aromatic rings. The van der Waals surface area contributed by atoms with Gasteiger partial charge in [-0.05, 0) is 86.5 Å². The summed E-state index contributed by atoms with van der Waals surface area (Å²) in [5.74, 6) is 0.928. The van der Waals surface area contributed by atoms with Crippen LogP contribution in [0, 0.1) is 0 Å². The van der Waals surface area contributed by atoms with Crippen molar-refractivity contribution in [2.45, 2.75) is 25.2 Å². The van der Waals surface area contributed by atoms with Crippen molar-refractivity contribution in [3.05, 3.63) is 156 Å². The van der Waals surface area contributed by atoms with Crippen LogP contribution in [0.4, 0.5) is 0 Å². The molecule has 2 unspecified atom stereocenters. The average Bonchev–Trinajstić information content (AvgIpc) is 3.41. The van der Waals surface area contributed by atoms with Gasteiger partial charge < -0.3 is 4.98 Å². The minimum absolute atomic E-state index is 0.455. The highest BCUT2D eigenvalue weighted by Gasteiger charge is 2.31. The molecule has 6 aromatic carbocycles. The van der Waals surface area contributed by atoms with Crippen molar-refractivity contribution in [3.8, 4) is 33.4 Å². The summed E-state index contributed by atoms with van der Waals surface area (Å²) < 4.78 is 0. The lowest BCUT2D eigenvalue weighted by Gasteiger charge is -2.34. The summed E-state index contributed by atoms with van der Waals surface area (Å²) in [7, 11) is 0. The van der Waals surface area contributed by atoms with Crippen LogP contribution in [0.5, 0.6) is 0 Å². The number of H-pyrrole nitrogens is 1. The highest BCUT2D eigenvalue weighted by Crippen LogP contribution is 2.49. The normalized spacial score (nSPS) is 16.0. The van der Waals surface area contributed by atoms with Crippen LogP contribution in [-0.4, -0.2) is 4.98 Å². The first kappa shape index (κ1) is 24.0. The molecule has 1 aliphatic rings.